The quantitative estimate of drug-likeness (QED) is 0.390. The van der Waals surface area contributed by atoms with Gasteiger partial charge in [0.25, 0.3) is 0 Å². The zero-order chi connectivity index (χ0) is 22.2. The number of hydrogen-bond donors (Lipinski definition) is 1. The Bertz CT molecular complexity index is 1150. The molecule has 2 heterocycles. The number of benzene rings is 2. The predicted octanol–water partition coefficient (Wildman–Crippen LogP) is 5.13. The molecule has 0 aliphatic heterocycles. The van der Waals surface area contributed by atoms with E-state index in [9.17, 15) is 4.79 Å². The molecule has 0 aliphatic rings. The highest BCUT2D eigenvalue weighted by molar-refractivity contribution is 7.09. The number of nitrogens with zero attached hydrogens (tertiary/aromatic N) is 2. The van der Waals surface area contributed by atoms with Crippen LogP contribution in [0.2, 0.25) is 0 Å². The molecular formula is C26H25N3O2S. The van der Waals surface area contributed by atoms with Gasteiger partial charge in [-0.3, -0.25) is 9.78 Å². The predicted molar refractivity (Wildman–Crippen MR) is 127 cm³/mol. The van der Waals surface area contributed by atoms with E-state index >= 15 is 0 Å². The lowest BCUT2D eigenvalue weighted by Gasteiger charge is -2.15. The Labute approximate surface area is 192 Å². The van der Waals surface area contributed by atoms with Crippen molar-refractivity contribution in [2.24, 2.45) is 0 Å². The number of aromatic nitrogens is 2. The average molecular weight is 444 g/mol. The SMILES string of the molecule is CC(NC(=O)Cc1csc(Cc2ccccc2)n1)c1cccc(OCc2ccccn2)c1. The number of rotatable bonds is 9. The van der Waals surface area contributed by atoms with E-state index < -0.39 is 0 Å². The molecule has 0 aliphatic carbocycles. The van der Waals surface area contributed by atoms with Gasteiger partial charge >= 0.3 is 0 Å². The molecule has 32 heavy (non-hydrogen) atoms. The number of carbonyl (C=O) groups is 1. The highest BCUT2D eigenvalue weighted by atomic mass is 32.1. The van der Waals surface area contributed by atoms with Gasteiger partial charge < -0.3 is 10.1 Å². The second kappa shape index (κ2) is 10.7. The molecule has 0 spiro atoms. The van der Waals surface area contributed by atoms with Gasteiger partial charge in [0.15, 0.2) is 0 Å². The van der Waals surface area contributed by atoms with Gasteiger partial charge in [-0.25, -0.2) is 4.98 Å². The normalized spacial score (nSPS) is 11.7. The Kier molecular flexibility index (Phi) is 7.25. The molecule has 1 amide bonds. The minimum atomic E-state index is -0.136. The van der Waals surface area contributed by atoms with Gasteiger partial charge in [0.1, 0.15) is 12.4 Å². The Morgan fingerprint density at radius 2 is 1.88 bits per heavy atom. The molecule has 0 bridgehead atoms. The summed E-state index contributed by atoms with van der Waals surface area (Å²) in [5.74, 6) is 0.702. The van der Waals surface area contributed by atoms with E-state index in [4.69, 9.17) is 4.74 Å². The van der Waals surface area contributed by atoms with E-state index in [-0.39, 0.29) is 18.4 Å². The van der Waals surface area contributed by atoms with Crippen molar-refractivity contribution >= 4 is 17.2 Å². The molecule has 1 atom stereocenters. The van der Waals surface area contributed by atoms with E-state index in [1.165, 1.54) is 5.56 Å². The van der Waals surface area contributed by atoms with Crippen LogP contribution in [0, 0.1) is 0 Å². The van der Waals surface area contributed by atoms with Crippen molar-refractivity contribution < 1.29 is 9.53 Å². The molecule has 4 rings (SSSR count). The van der Waals surface area contributed by atoms with E-state index in [0.29, 0.717) is 6.61 Å². The maximum absolute atomic E-state index is 12.6. The minimum absolute atomic E-state index is 0.0473. The fourth-order valence-corrected chi connectivity index (χ4v) is 4.16. The number of carbonyl (C=O) groups excluding carboxylic acids is 1. The summed E-state index contributed by atoms with van der Waals surface area (Å²) >= 11 is 1.59. The lowest BCUT2D eigenvalue weighted by molar-refractivity contribution is -0.121. The topological polar surface area (TPSA) is 64.1 Å². The maximum Gasteiger partial charge on any atom is 0.226 e. The summed E-state index contributed by atoms with van der Waals surface area (Å²) in [5, 5.41) is 6.05. The Morgan fingerprint density at radius 1 is 1.03 bits per heavy atom. The fraction of sp³-hybridized carbons (Fsp3) is 0.192. The van der Waals surface area contributed by atoms with Crippen LogP contribution in [-0.4, -0.2) is 15.9 Å². The summed E-state index contributed by atoms with van der Waals surface area (Å²) < 4.78 is 5.85. The molecule has 0 saturated heterocycles. The Hall–Kier alpha value is -3.51. The third kappa shape index (κ3) is 6.25. The number of thiazole rings is 1. The lowest BCUT2D eigenvalue weighted by Crippen LogP contribution is -2.28. The number of amides is 1. The summed E-state index contributed by atoms with van der Waals surface area (Å²) in [6, 6.07) is 23.6. The smallest absolute Gasteiger partial charge is 0.226 e. The second-order valence-corrected chi connectivity index (χ2v) is 8.49. The second-order valence-electron chi connectivity index (χ2n) is 7.54. The van der Waals surface area contributed by atoms with Crippen molar-refractivity contribution in [2.45, 2.75) is 32.4 Å². The van der Waals surface area contributed by atoms with Gasteiger partial charge in [0, 0.05) is 18.0 Å². The van der Waals surface area contributed by atoms with Crippen LogP contribution in [0.1, 0.15) is 40.5 Å². The van der Waals surface area contributed by atoms with Crippen LogP contribution in [0.15, 0.2) is 84.4 Å². The Balaban J connectivity index is 1.30. The first-order valence-corrected chi connectivity index (χ1v) is 11.4. The van der Waals surface area contributed by atoms with E-state index in [0.717, 1.165) is 34.1 Å². The molecule has 2 aromatic heterocycles. The Morgan fingerprint density at radius 3 is 2.69 bits per heavy atom. The minimum Gasteiger partial charge on any atom is -0.487 e. The van der Waals surface area contributed by atoms with Crippen LogP contribution in [0.5, 0.6) is 5.75 Å². The molecule has 6 heteroatoms. The number of hydrogen-bond acceptors (Lipinski definition) is 5. The standard InChI is InChI=1S/C26H25N3O2S/c1-19(21-10-7-12-24(15-21)31-17-22-11-5-6-13-27-22)28-25(30)16-23-18-32-26(29-23)14-20-8-3-2-4-9-20/h2-13,15,18-19H,14,16-17H2,1H3,(H,28,30). The fourth-order valence-electron chi connectivity index (χ4n) is 3.34. The zero-order valence-electron chi connectivity index (χ0n) is 17.9. The van der Waals surface area contributed by atoms with Gasteiger partial charge in [0.2, 0.25) is 5.91 Å². The van der Waals surface area contributed by atoms with Crippen LogP contribution >= 0.6 is 11.3 Å². The lowest BCUT2D eigenvalue weighted by atomic mass is 10.1. The molecule has 5 nitrogen and oxygen atoms in total. The third-order valence-corrected chi connectivity index (χ3v) is 5.89. The molecule has 1 unspecified atom stereocenters. The van der Waals surface area contributed by atoms with Crippen molar-refractivity contribution in [1.82, 2.24) is 15.3 Å². The molecule has 0 fully saturated rings. The largest absolute Gasteiger partial charge is 0.487 e. The van der Waals surface area contributed by atoms with Crippen molar-refractivity contribution in [1.29, 1.82) is 0 Å². The first-order valence-electron chi connectivity index (χ1n) is 10.5. The number of ether oxygens (including phenoxy) is 1. The number of nitrogens with one attached hydrogen (secondary N) is 1. The summed E-state index contributed by atoms with van der Waals surface area (Å²) in [6.07, 6.45) is 2.81. The maximum atomic E-state index is 12.6. The third-order valence-electron chi connectivity index (χ3n) is 4.99. The van der Waals surface area contributed by atoms with Crippen LogP contribution in [0.3, 0.4) is 0 Å². The van der Waals surface area contributed by atoms with Crippen LogP contribution in [0.4, 0.5) is 0 Å². The van der Waals surface area contributed by atoms with Crippen molar-refractivity contribution in [3.8, 4) is 5.75 Å². The van der Waals surface area contributed by atoms with Gasteiger partial charge in [-0.15, -0.1) is 11.3 Å². The van der Waals surface area contributed by atoms with Crippen molar-refractivity contribution in [2.75, 3.05) is 0 Å². The zero-order valence-corrected chi connectivity index (χ0v) is 18.7. The van der Waals surface area contributed by atoms with E-state index in [2.05, 4.69) is 27.4 Å². The van der Waals surface area contributed by atoms with Crippen LogP contribution < -0.4 is 10.1 Å². The molecule has 0 saturated carbocycles. The van der Waals surface area contributed by atoms with Gasteiger partial charge in [-0.2, -0.15) is 0 Å². The highest BCUT2D eigenvalue weighted by Crippen LogP contribution is 2.20. The van der Waals surface area contributed by atoms with Gasteiger partial charge in [-0.1, -0.05) is 48.5 Å². The summed E-state index contributed by atoms with van der Waals surface area (Å²) in [6.45, 7) is 2.37. The van der Waals surface area contributed by atoms with Crippen molar-refractivity contribution in [3.05, 3.63) is 112 Å². The number of pyridine rings is 1. The summed E-state index contributed by atoms with van der Waals surface area (Å²) in [7, 11) is 0. The van der Waals surface area contributed by atoms with Crippen molar-refractivity contribution in [3.63, 3.8) is 0 Å². The van der Waals surface area contributed by atoms with E-state index in [1.54, 1.807) is 17.5 Å². The van der Waals surface area contributed by atoms with Gasteiger partial charge in [0.05, 0.1) is 28.9 Å². The average Bonchev–Trinajstić information content (AvgIpc) is 3.25. The highest BCUT2D eigenvalue weighted by Gasteiger charge is 2.13. The summed E-state index contributed by atoms with van der Waals surface area (Å²) in [5.41, 5.74) is 3.88. The summed E-state index contributed by atoms with van der Waals surface area (Å²) in [4.78, 5) is 21.5. The first-order chi connectivity index (χ1) is 15.7. The first kappa shape index (κ1) is 21.7. The molecular weight excluding hydrogens is 418 g/mol. The van der Waals surface area contributed by atoms with Gasteiger partial charge in [-0.05, 0) is 42.3 Å². The monoisotopic (exact) mass is 443 g/mol. The molecule has 1 N–H and O–H groups in total. The molecule has 0 radical (unpaired) electrons. The van der Waals surface area contributed by atoms with Crippen LogP contribution in [0.25, 0.3) is 0 Å². The van der Waals surface area contributed by atoms with Crippen LogP contribution in [-0.2, 0) is 24.2 Å². The molecule has 162 valence electrons. The molecule has 4 aromatic rings. The van der Waals surface area contributed by atoms with E-state index in [1.807, 2.05) is 73.0 Å². The molecule has 2 aromatic carbocycles.